The molecule has 12 nitrogen and oxygen atoms in total. The van der Waals surface area contributed by atoms with E-state index in [0.29, 0.717) is 37.8 Å². The number of carbonyl (C=O) groups is 5. The quantitative estimate of drug-likeness (QED) is 0.222. The molecule has 2 heterocycles. The van der Waals surface area contributed by atoms with E-state index in [9.17, 15) is 28.4 Å². The smallest absolute Gasteiger partial charge is 0.303 e. The molecule has 228 valence electrons. The molecule has 3 atom stereocenters. The molecule has 3 rings (SSSR count). The van der Waals surface area contributed by atoms with E-state index in [1.807, 2.05) is 0 Å². The molecule has 1 aromatic carbocycles. The minimum atomic E-state index is -1.01. The van der Waals surface area contributed by atoms with Crippen molar-refractivity contribution in [2.45, 2.75) is 84.3 Å². The van der Waals surface area contributed by atoms with E-state index in [1.165, 1.54) is 29.2 Å². The van der Waals surface area contributed by atoms with Crippen molar-refractivity contribution in [1.82, 2.24) is 25.7 Å². The average Bonchev–Trinajstić information content (AvgIpc) is 3.63. The summed E-state index contributed by atoms with van der Waals surface area (Å²) in [5.74, 6) is -4.11. The molecule has 0 bridgehead atoms. The summed E-state index contributed by atoms with van der Waals surface area (Å²) in [5.41, 5.74) is 0.431. The fourth-order valence-electron chi connectivity index (χ4n) is 4.75. The molecule has 1 aliphatic rings. The van der Waals surface area contributed by atoms with E-state index in [-0.39, 0.29) is 42.4 Å². The molecule has 0 radical (unpaired) electrons. The zero-order valence-electron chi connectivity index (χ0n) is 24.3. The number of carboxylic acids is 1. The predicted octanol–water partition coefficient (Wildman–Crippen LogP) is 2.98. The van der Waals surface area contributed by atoms with Gasteiger partial charge < -0.3 is 25.1 Å². The lowest BCUT2D eigenvalue weighted by Crippen LogP contribution is -2.57. The molecule has 2 unspecified atom stereocenters. The highest BCUT2D eigenvalue weighted by molar-refractivity contribution is 6.00. The lowest BCUT2D eigenvalue weighted by atomic mass is 9.98. The monoisotopic (exact) mass is 587 g/mol. The Morgan fingerprint density at radius 1 is 0.976 bits per heavy atom. The van der Waals surface area contributed by atoms with Crippen LogP contribution in [0.5, 0.6) is 0 Å². The van der Waals surface area contributed by atoms with Gasteiger partial charge in [-0.05, 0) is 61.8 Å². The second-order valence-corrected chi connectivity index (χ2v) is 11.1. The SMILES string of the molecule is CC(C)C(NC(=O)[C@@H]1CCCN1C(=O)C(NC(=O)CCCCC(=O)O)C(C)C)C(=O)c1nnc(-c2ccc(F)cc2)o1. The van der Waals surface area contributed by atoms with Crippen molar-refractivity contribution in [2.75, 3.05) is 6.54 Å². The largest absolute Gasteiger partial charge is 0.481 e. The van der Waals surface area contributed by atoms with Crippen molar-refractivity contribution < 1.29 is 37.9 Å². The van der Waals surface area contributed by atoms with E-state index >= 15 is 0 Å². The second-order valence-electron chi connectivity index (χ2n) is 11.1. The maximum Gasteiger partial charge on any atom is 0.303 e. The molecule has 0 aliphatic carbocycles. The molecule has 1 saturated heterocycles. The number of unbranched alkanes of at least 4 members (excludes halogenated alkanes) is 1. The van der Waals surface area contributed by atoms with Crippen molar-refractivity contribution in [3.8, 4) is 11.5 Å². The van der Waals surface area contributed by atoms with Gasteiger partial charge >= 0.3 is 5.97 Å². The number of hydrogen-bond acceptors (Lipinski definition) is 8. The number of likely N-dealkylation sites (tertiary alicyclic amines) is 1. The summed E-state index contributed by atoms with van der Waals surface area (Å²) in [4.78, 5) is 64.8. The van der Waals surface area contributed by atoms with Crippen molar-refractivity contribution in [1.29, 1.82) is 0 Å². The Morgan fingerprint density at radius 3 is 2.24 bits per heavy atom. The highest BCUT2D eigenvalue weighted by Gasteiger charge is 2.40. The first-order valence-electron chi connectivity index (χ1n) is 14.1. The van der Waals surface area contributed by atoms with E-state index < -0.39 is 47.5 Å². The number of benzene rings is 1. The van der Waals surface area contributed by atoms with Gasteiger partial charge in [-0.1, -0.05) is 27.7 Å². The van der Waals surface area contributed by atoms with Crippen LogP contribution in [-0.4, -0.2) is 74.3 Å². The van der Waals surface area contributed by atoms with Crippen LogP contribution in [0.2, 0.25) is 0 Å². The van der Waals surface area contributed by atoms with Crippen molar-refractivity contribution in [2.24, 2.45) is 11.8 Å². The molecule has 13 heteroatoms. The Morgan fingerprint density at radius 2 is 1.62 bits per heavy atom. The number of nitrogens with one attached hydrogen (secondary N) is 2. The summed E-state index contributed by atoms with van der Waals surface area (Å²) in [7, 11) is 0. The molecule has 0 spiro atoms. The molecular weight excluding hydrogens is 549 g/mol. The minimum Gasteiger partial charge on any atom is -0.481 e. The average molecular weight is 588 g/mol. The number of aliphatic carboxylic acids is 1. The van der Waals surface area contributed by atoms with E-state index in [4.69, 9.17) is 9.52 Å². The van der Waals surface area contributed by atoms with Crippen molar-refractivity contribution in [3.05, 3.63) is 36.0 Å². The standard InChI is InChI=1S/C29H38FN5O7/c1-16(2)23(25(39)28-34-33-27(42-28)18-11-13-19(30)14-12-18)32-26(40)20-8-7-15-35(20)29(41)24(17(3)4)31-21(36)9-5-6-10-22(37)38/h11-14,16-17,20,23-24H,5-10,15H2,1-4H3,(H,31,36)(H,32,40)(H,37,38)/t20-,23?,24?/m0/s1. The first-order valence-corrected chi connectivity index (χ1v) is 14.1. The molecule has 3 amide bonds. The van der Waals surface area contributed by atoms with Gasteiger partial charge in [0.25, 0.3) is 5.89 Å². The van der Waals surface area contributed by atoms with Crippen LogP contribution in [0.3, 0.4) is 0 Å². The molecule has 1 aromatic heterocycles. The Labute approximate surface area is 243 Å². The van der Waals surface area contributed by atoms with Gasteiger partial charge in [0.2, 0.25) is 29.4 Å². The number of amides is 3. The predicted molar refractivity (Wildman–Crippen MR) is 148 cm³/mol. The van der Waals surface area contributed by atoms with Crippen LogP contribution >= 0.6 is 0 Å². The van der Waals surface area contributed by atoms with Gasteiger partial charge in [0.1, 0.15) is 17.9 Å². The van der Waals surface area contributed by atoms with Crippen LogP contribution in [0.25, 0.3) is 11.5 Å². The molecule has 1 fully saturated rings. The third-order valence-corrected chi connectivity index (χ3v) is 7.11. The number of rotatable bonds is 14. The summed E-state index contributed by atoms with van der Waals surface area (Å²) in [6, 6.07) is 2.62. The van der Waals surface area contributed by atoms with Crippen LogP contribution in [0.15, 0.2) is 28.7 Å². The summed E-state index contributed by atoms with van der Waals surface area (Å²) in [6.07, 6.45) is 1.74. The number of hydrogen-bond donors (Lipinski definition) is 3. The zero-order chi connectivity index (χ0) is 31.0. The molecule has 3 N–H and O–H groups in total. The van der Waals surface area contributed by atoms with E-state index in [1.54, 1.807) is 27.7 Å². The van der Waals surface area contributed by atoms with Crippen LogP contribution < -0.4 is 10.6 Å². The fraction of sp³-hybridized carbons (Fsp3) is 0.552. The maximum absolute atomic E-state index is 13.5. The van der Waals surface area contributed by atoms with Gasteiger partial charge in [-0.25, -0.2) is 4.39 Å². The number of Topliss-reactive ketones (excluding diaryl/α,β-unsaturated/α-hetero) is 1. The number of carbonyl (C=O) groups excluding carboxylic acids is 4. The van der Waals surface area contributed by atoms with Crippen LogP contribution in [-0.2, 0) is 19.2 Å². The third-order valence-electron chi connectivity index (χ3n) is 7.11. The topological polar surface area (TPSA) is 172 Å². The normalized spacial score (nSPS) is 16.4. The molecule has 42 heavy (non-hydrogen) atoms. The Bertz CT molecular complexity index is 1280. The first-order chi connectivity index (χ1) is 19.9. The third kappa shape index (κ3) is 8.43. The summed E-state index contributed by atoms with van der Waals surface area (Å²) in [5, 5.41) is 22.0. The van der Waals surface area contributed by atoms with E-state index in [2.05, 4.69) is 20.8 Å². The van der Waals surface area contributed by atoms with Gasteiger partial charge in [-0.15, -0.1) is 10.2 Å². The van der Waals surface area contributed by atoms with Crippen LogP contribution in [0, 0.1) is 17.7 Å². The number of carboxylic acid groups (broad SMARTS) is 1. The van der Waals surface area contributed by atoms with Crippen LogP contribution in [0.1, 0.15) is 76.9 Å². The highest BCUT2D eigenvalue weighted by atomic mass is 19.1. The number of halogens is 1. The van der Waals surface area contributed by atoms with Crippen molar-refractivity contribution >= 4 is 29.5 Å². The maximum atomic E-state index is 13.5. The lowest BCUT2D eigenvalue weighted by molar-refractivity contribution is -0.142. The molecular formula is C29H38FN5O7. The number of ketones is 1. The minimum absolute atomic E-state index is 0.0309. The highest BCUT2D eigenvalue weighted by Crippen LogP contribution is 2.23. The molecule has 2 aromatic rings. The fourth-order valence-corrected chi connectivity index (χ4v) is 4.75. The first kappa shape index (κ1) is 32.4. The van der Waals surface area contributed by atoms with Crippen molar-refractivity contribution in [3.63, 3.8) is 0 Å². The Hall–Kier alpha value is -4.16. The summed E-state index contributed by atoms with van der Waals surface area (Å²) in [6.45, 7) is 7.39. The second kappa shape index (κ2) is 14.6. The molecule has 1 aliphatic heterocycles. The molecule has 0 saturated carbocycles. The van der Waals surface area contributed by atoms with Gasteiger partial charge in [-0.3, -0.25) is 24.0 Å². The summed E-state index contributed by atoms with van der Waals surface area (Å²) < 4.78 is 18.8. The lowest BCUT2D eigenvalue weighted by Gasteiger charge is -2.31. The van der Waals surface area contributed by atoms with Gasteiger partial charge in [-0.2, -0.15) is 0 Å². The zero-order valence-corrected chi connectivity index (χ0v) is 24.3. The van der Waals surface area contributed by atoms with Gasteiger partial charge in [0.05, 0.1) is 6.04 Å². The van der Waals surface area contributed by atoms with E-state index in [0.717, 1.165) is 0 Å². The summed E-state index contributed by atoms with van der Waals surface area (Å²) >= 11 is 0. The van der Waals surface area contributed by atoms with Gasteiger partial charge in [0.15, 0.2) is 0 Å². The Balaban J connectivity index is 1.67. The number of nitrogens with zero attached hydrogens (tertiary/aromatic N) is 3. The van der Waals surface area contributed by atoms with Gasteiger partial charge in [0, 0.05) is 24.9 Å². The number of aromatic nitrogens is 2. The van der Waals surface area contributed by atoms with Crippen LogP contribution in [0.4, 0.5) is 4.39 Å². The Kier molecular flexibility index (Phi) is 11.3.